The van der Waals surface area contributed by atoms with Crippen LogP contribution in [-0.4, -0.2) is 51.4 Å². The second kappa shape index (κ2) is 6.81. The molecule has 1 heterocycles. The smallest absolute Gasteiger partial charge is 0.182 e. The van der Waals surface area contributed by atoms with Gasteiger partial charge in [0.2, 0.25) is 0 Å². The summed E-state index contributed by atoms with van der Waals surface area (Å²) in [6.45, 7) is 7.46. The highest BCUT2D eigenvalue weighted by Gasteiger charge is 2.79. The van der Waals surface area contributed by atoms with Crippen LogP contribution in [0.25, 0.3) is 0 Å². The highest BCUT2D eigenvalue weighted by molar-refractivity contribution is 6.34. The molecule has 4 aliphatic carbocycles. The van der Waals surface area contributed by atoms with Crippen molar-refractivity contribution in [3.63, 3.8) is 0 Å². The molecule has 5 rings (SSSR count). The van der Waals surface area contributed by atoms with Crippen LogP contribution < -0.4 is 0 Å². The second-order valence-electron chi connectivity index (χ2n) is 10.9. The Morgan fingerprint density at radius 2 is 1.91 bits per heavy atom. The lowest BCUT2D eigenvalue weighted by atomic mass is 9.46. The number of Topliss-reactive ketones (excluding diaryl/α,β-unsaturated/α-hetero) is 1. The van der Waals surface area contributed by atoms with E-state index in [9.17, 15) is 9.59 Å². The number of fused-ring (bicyclic) bond motifs is 7. The number of alkyl halides is 4. The molecule has 0 unspecified atom stereocenters. The van der Waals surface area contributed by atoms with Gasteiger partial charge >= 0.3 is 0 Å². The van der Waals surface area contributed by atoms with Gasteiger partial charge in [-0.3, -0.25) is 9.59 Å². The molecule has 0 radical (unpaired) electrons. The van der Waals surface area contributed by atoms with Gasteiger partial charge in [0.1, 0.15) is 6.17 Å². The number of carbonyl (C=O) groups excluding carboxylic acids is 2. The quantitative estimate of drug-likeness (QED) is 0.488. The molecule has 9 atom stereocenters. The van der Waals surface area contributed by atoms with Gasteiger partial charge in [-0.15, -0.1) is 34.8 Å². The number of ether oxygens (including phenoxy) is 2. The molecule has 0 aromatic heterocycles. The molecule has 1 aliphatic heterocycles. The van der Waals surface area contributed by atoms with Gasteiger partial charge in [-0.1, -0.05) is 19.9 Å². The van der Waals surface area contributed by atoms with E-state index in [0.717, 1.165) is 0 Å². The van der Waals surface area contributed by atoms with Gasteiger partial charge in [0, 0.05) is 10.8 Å². The zero-order valence-corrected chi connectivity index (χ0v) is 20.9. The molecule has 0 spiro atoms. The Morgan fingerprint density at radius 1 is 1.22 bits per heavy atom. The van der Waals surface area contributed by atoms with Crippen molar-refractivity contribution in [1.82, 2.24) is 0 Å². The van der Waals surface area contributed by atoms with Crippen LogP contribution in [0.5, 0.6) is 0 Å². The molecule has 3 saturated carbocycles. The molecule has 5 aliphatic rings. The summed E-state index contributed by atoms with van der Waals surface area (Å²) in [5, 5.41) is -0.597. The SMILES string of the molecule is CC1(C)O[C@@H]2C[C@H]3[C@@H]4C[C@H](F)C5=CC(=O)C=C[C@]5(C)[C@@]4(Cl)[C@@H](Cl)C[C@]3(C)[C@]2(C(=O)CCl)O1. The molecule has 176 valence electrons. The fourth-order valence-electron chi connectivity index (χ4n) is 7.84. The molecule has 4 fully saturated rings. The van der Waals surface area contributed by atoms with Gasteiger partial charge in [0.25, 0.3) is 0 Å². The summed E-state index contributed by atoms with van der Waals surface area (Å²) in [4.78, 5) is 24.4. The number of hydrogen-bond acceptors (Lipinski definition) is 4. The van der Waals surface area contributed by atoms with Crippen molar-refractivity contribution in [2.45, 2.75) is 80.9 Å². The van der Waals surface area contributed by atoms with Crippen LogP contribution in [0, 0.1) is 22.7 Å². The molecular formula is C24H28Cl3FO4. The van der Waals surface area contributed by atoms with E-state index in [-0.39, 0.29) is 35.7 Å². The van der Waals surface area contributed by atoms with Crippen molar-refractivity contribution in [2.75, 3.05) is 5.88 Å². The predicted octanol–water partition coefficient (Wildman–Crippen LogP) is 5.13. The monoisotopic (exact) mass is 504 g/mol. The normalized spacial score (nSPS) is 53.2. The first-order valence-corrected chi connectivity index (χ1v) is 12.5. The number of hydrogen-bond donors (Lipinski definition) is 0. The number of carbonyl (C=O) groups is 2. The Kier molecular flexibility index (Phi) is 4.96. The lowest BCUT2D eigenvalue weighted by molar-refractivity contribution is -0.211. The Morgan fingerprint density at radius 3 is 2.56 bits per heavy atom. The standard InChI is InChI=1S/C24H28Cl3FO4/c1-20(2)31-19-9-13-14-8-16(28)15-7-12(29)5-6-21(15,3)23(14,27)17(26)10-22(13,4)24(19,32-20)18(30)11-25/h5-7,13-14,16-17,19H,8-11H2,1-4H3/t13-,14-,16-,17-,19+,21-,22-,23-,24+/m0/s1. The van der Waals surface area contributed by atoms with Gasteiger partial charge in [-0.25, -0.2) is 4.39 Å². The second-order valence-corrected chi connectivity index (χ2v) is 12.4. The van der Waals surface area contributed by atoms with Crippen molar-refractivity contribution >= 4 is 46.4 Å². The first kappa shape index (κ1) is 23.3. The van der Waals surface area contributed by atoms with Crippen LogP contribution in [0.4, 0.5) is 4.39 Å². The Labute approximate surface area is 202 Å². The topological polar surface area (TPSA) is 52.6 Å². The van der Waals surface area contributed by atoms with Gasteiger partial charge in [0.05, 0.1) is 22.2 Å². The zero-order chi connectivity index (χ0) is 23.5. The highest BCUT2D eigenvalue weighted by atomic mass is 35.5. The van der Waals surface area contributed by atoms with E-state index in [2.05, 4.69) is 0 Å². The largest absolute Gasteiger partial charge is 0.344 e. The summed E-state index contributed by atoms with van der Waals surface area (Å²) in [5.41, 5.74) is -2.50. The molecule has 0 amide bonds. The van der Waals surface area contributed by atoms with Crippen molar-refractivity contribution in [2.24, 2.45) is 22.7 Å². The summed E-state index contributed by atoms with van der Waals surface area (Å²) in [7, 11) is 0. The van der Waals surface area contributed by atoms with E-state index < -0.39 is 44.7 Å². The Hall–Kier alpha value is -0.460. The first-order chi connectivity index (χ1) is 14.8. The molecule has 32 heavy (non-hydrogen) atoms. The van der Waals surface area contributed by atoms with Gasteiger partial charge in [-0.2, -0.15) is 0 Å². The van der Waals surface area contributed by atoms with Crippen molar-refractivity contribution in [3.05, 3.63) is 23.8 Å². The summed E-state index contributed by atoms with van der Waals surface area (Å²) < 4.78 is 28.2. The maximum atomic E-state index is 15.6. The molecule has 0 aromatic carbocycles. The fourth-order valence-corrected chi connectivity index (χ4v) is 9.23. The van der Waals surface area contributed by atoms with Gasteiger partial charge in [-0.05, 0) is 62.7 Å². The Bertz CT molecular complexity index is 965. The molecular weight excluding hydrogens is 478 g/mol. The third-order valence-corrected chi connectivity index (χ3v) is 10.9. The molecule has 4 nitrogen and oxygen atoms in total. The van der Waals surface area contributed by atoms with Crippen LogP contribution in [0.2, 0.25) is 0 Å². The first-order valence-electron chi connectivity index (χ1n) is 11.2. The molecule has 0 aromatic rings. The minimum Gasteiger partial charge on any atom is -0.344 e. The zero-order valence-electron chi connectivity index (χ0n) is 18.6. The lowest BCUT2D eigenvalue weighted by Crippen LogP contribution is -2.69. The van der Waals surface area contributed by atoms with Crippen molar-refractivity contribution in [1.29, 1.82) is 0 Å². The van der Waals surface area contributed by atoms with E-state index in [1.807, 2.05) is 13.8 Å². The average Bonchev–Trinajstić information content (AvgIpc) is 3.11. The summed E-state index contributed by atoms with van der Waals surface area (Å²) in [6, 6.07) is 0. The Balaban J connectivity index is 1.66. The van der Waals surface area contributed by atoms with E-state index in [1.165, 1.54) is 12.2 Å². The summed E-state index contributed by atoms with van der Waals surface area (Å²) in [6.07, 6.45) is 3.75. The van der Waals surface area contributed by atoms with E-state index in [1.54, 1.807) is 19.9 Å². The molecule has 1 saturated heterocycles. The molecule has 0 bridgehead atoms. The maximum Gasteiger partial charge on any atom is 0.182 e. The van der Waals surface area contributed by atoms with Gasteiger partial charge in [0.15, 0.2) is 23.0 Å². The van der Waals surface area contributed by atoms with Crippen LogP contribution >= 0.6 is 34.8 Å². The highest BCUT2D eigenvalue weighted by Crippen LogP contribution is 2.73. The van der Waals surface area contributed by atoms with Crippen molar-refractivity contribution in [3.8, 4) is 0 Å². The average molecular weight is 506 g/mol. The minimum atomic E-state index is -1.32. The summed E-state index contributed by atoms with van der Waals surface area (Å²) in [5.74, 6) is -2.12. The summed E-state index contributed by atoms with van der Waals surface area (Å²) >= 11 is 20.7. The third kappa shape index (κ3) is 2.53. The van der Waals surface area contributed by atoms with E-state index >= 15 is 4.39 Å². The fraction of sp³-hybridized carbons (Fsp3) is 0.750. The number of allylic oxidation sites excluding steroid dienone is 4. The van der Waals surface area contributed by atoms with Crippen LogP contribution in [0.1, 0.15) is 47.0 Å². The van der Waals surface area contributed by atoms with Crippen molar-refractivity contribution < 1.29 is 23.5 Å². The number of halogens is 4. The molecule has 0 N–H and O–H groups in total. The molecule has 8 heteroatoms. The minimum absolute atomic E-state index is 0.136. The van der Waals surface area contributed by atoms with E-state index in [0.29, 0.717) is 18.4 Å². The third-order valence-electron chi connectivity index (χ3n) is 9.11. The lowest BCUT2D eigenvalue weighted by Gasteiger charge is -2.64. The van der Waals surface area contributed by atoms with Crippen LogP contribution in [0.3, 0.4) is 0 Å². The maximum absolute atomic E-state index is 15.6. The van der Waals surface area contributed by atoms with Crippen LogP contribution in [0.15, 0.2) is 23.8 Å². The van der Waals surface area contributed by atoms with Crippen LogP contribution in [-0.2, 0) is 19.1 Å². The predicted molar refractivity (Wildman–Crippen MR) is 121 cm³/mol. The number of rotatable bonds is 2. The van der Waals surface area contributed by atoms with E-state index in [4.69, 9.17) is 44.3 Å². The van der Waals surface area contributed by atoms with Gasteiger partial charge < -0.3 is 9.47 Å². The number of ketones is 2.